The van der Waals surface area contributed by atoms with Crippen LogP contribution in [0.1, 0.15) is 0 Å². The first-order valence-corrected chi connectivity index (χ1v) is 2.49. The predicted molar refractivity (Wildman–Crippen MR) is 24.8 cm³/mol. The van der Waals surface area contributed by atoms with Gasteiger partial charge in [-0.3, -0.25) is 4.99 Å². The maximum Gasteiger partial charge on any atom is 0.171 e. The summed E-state index contributed by atoms with van der Waals surface area (Å²) < 4.78 is 11.7. The molecule has 6 heavy (non-hydrogen) atoms. The van der Waals surface area contributed by atoms with Crippen LogP contribution in [-0.2, 0) is 0 Å². The number of aliphatic imine (C=N–C) groups is 1. The molecule has 0 fully saturated rings. The number of hydrogen-bond donors (Lipinski definition) is 0. The first-order valence-electron chi connectivity index (χ1n) is 1.61. The molecule has 0 saturated heterocycles. The highest BCUT2D eigenvalue weighted by molar-refractivity contribution is 8.12. The number of thioether (sulfide) groups is 1. The first-order chi connectivity index (χ1) is 2.89. The Bertz CT molecular complexity index is 65.2. The van der Waals surface area contributed by atoms with Gasteiger partial charge in [-0.1, -0.05) is 11.8 Å². The van der Waals surface area contributed by atoms with Crippen molar-refractivity contribution in [2.24, 2.45) is 4.99 Å². The Kier molecular flexibility index (Phi) is 1.10. The lowest BCUT2D eigenvalue weighted by Crippen LogP contribution is -1.88. The Balaban J connectivity index is 2.32. The minimum atomic E-state index is -0.815. The molecular formula is C3H3FNS. The Morgan fingerprint density at radius 2 is 2.83 bits per heavy atom. The minimum Gasteiger partial charge on any atom is -0.272 e. The highest BCUT2D eigenvalue weighted by atomic mass is 32.2. The molecule has 0 aromatic heterocycles. The summed E-state index contributed by atoms with van der Waals surface area (Å²) in [4.78, 5) is 3.50. The van der Waals surface area contributed by atoms with Crippen molar-refractivity contribution in [1.29, 1.82) is 0 Å². The average molecular weight is 104 g/mol. The lowest BCUT2D eigenvalue weighted by Gasteiger charge is -1.84. The molecule has 0 spiro atoms. The van der Waals surface area contributed by atoms with Gasteiger partial charge >= 0.3 is 0 Å². The molecule has 1 radical (unpaired) electrons. The van der Waals surface area contributed by atoms with E-state index in [0.717, 1.165) is 11.8 Å². The van der Waals surface area contributed by atoms with Crippen LogP contribution in [0.2, 0.25) is 0 Å². The molecule has 0 saturated carbocycles. The van der Waals surface area contributed by atoms with Crippen molar-refractivity contribution in [2.45, 2.75) is 5.50 Å². The van der Waals surface area contributed by atoms with E-state index in [1.54, 1.807) is 0 Å². The third-order valence-electron chi connectivity index (χ3n) is 0.480. The standard InChI is InChI=1S/C3H3FNS/c4-3-1-5-2-6-3/h3H,1H2. The Hall–Kier alpha value is -0.0500. The topological polar surface area (TPSA) is 12.4 Å². The zero-order valence-electron chi connectivity index (χ0n) is 3.02. The van der Waals surface area contributed by atoms with Gasteiger partial charge in [0.15, 0.2) is 5.50 Å². The van der Waals surface area contributed by atoms with Crippen LogP contribution < -0.4 is 0 Å². The summed E-state index contributed by atoms with van der Waals surface area (Å²) in [6, 6.07) is 0. The van der Waals surface area contributed by atoms with E-state index in [0.29, 0.717) is 6.54 Å². The summed E-state index contributed by atoms with van der Waals surface area (Å²) in [7, 11) is 0. The van der Waals surface area contributed by atoms with Crippen LogP contribution in [0.25, 0.3) is 0 Å². The molecule has 0 N–H and O–H groups in total. The zero-order chi connectivity index (χ0) is 4.41. The van der Waals surface area contributed by atoms with E-state index in [1.165, 1.54) is 0 Å². The lowest BCUT2D eigenvalue weighted by molar-refractivity contribution is 0.467. The molecule has 3 heteroatoms. The van der Waals surface area contributed by atoms with E-state index in [2.05, 4.69) is 10.5 Å². The van der Waals surface area contributed by atoms with Crippen LogP contribution in [0.15, 0.2) is 4.99 Å². The normalized spacial score (nSPS) is 31.8. The van der Waals surface area contributed by atoms with Gasteiger partial charge in [-0.05, 0) is 0 Å². The summed E-state index contributed by atoms with van der Waals surface area (Å²) in [5.41, 5.74) is 1.62. The number of rotatable bonds is 0. The number of nitrogens with zero attached hydrogens (tertiary/aromatic N) is 1. The fraction of sp³-hybridized carbons (Fsp3) is 0.667. The Morgan fingerprint density at radius 1 is 2.00 bits per heavy atom. The molecule has 1 nitrogen and oxygen atoms in total. The van der Waals surface area contributed by atoms with Gasteiger partial charge < -0.3 is 0 Å². The van der Waals surface area contributed by atoms with Crippen LogP contribution in [0.3, 0.4) is 0 Å². The summed E-state index contributed by atoms with van der Waals surface area (Å²) >= 11 is 1.01. The smallest absolute Gasteiger partial charge is 0.171 e. The lowest BCUT2D eigenvalue weighted by atomic mass is 10.8. The molecule has 0 amide bonds. The van der Waals surface area contributed by atoms with Gasteiger partial charge in [0.05, 0.1) is 6.54 Å². The van der Waals surface area contributed by atoms with E-state index in [4.69, 9.17) is 0 Å². The fourth-order valence-corrected chi connectivity index (χ4v) is 0.653. The third kappa shape index (κ3) is 0.712. The number of alkyl halides is 1. The van der Waals surface area contributed by atoms with Crippen molar-refractivity contribution in [1.82, 2.24) is 0 Å². The van der Waals surface area contributed by atoms with Gasteiger partial charge in [-0.25, -0.2) is 4.39 Å². The SMILES string of the molecule is FC1CN=[C]S1. The Morgan fingerprint density at radius 3 is 3.00 bits per heavy atom. The molecule has 0 aromatic carbocycles. The molecular weight excluding hydrogens is 101 g/mol. The van der Waals surface area contributed by atoms with Crippen molar-refractivity contribution in [3.63, 3.8) is 0 Å². The molecule has 0 aromatic rings. The summed E-state index contributed by atoms with van der Waals surface area (Å²) in [5.74, 6) is 0. The zero-order valence-corrected chi connectivity index (χ0v) is 3.83. The van der Waals surface area contributed by atoms with Crippen molar-refractivity contribution >= 4 is 17.3 Å². The summed E-state index contributed by atoms with van der Waals surface area (Å²) in [6.45, 7) is 0.296. The second kappa shape index (κ2) is 1.60. The first kappa shape index (κ1) is 4.12. The summed E-state index contributed by atoms with van der Waals surface area (Å²) in [6.07, 6.45) is 0. The van der Waals surface area contributed by atoms with Crippen LogP contribution in [0, 0.1) is 0 Å². The average Bonchev–Trinajstić information content (AvgIpc) is 1.86. The molecule has 1 atom stereocenters. The third-order valence-corrected chi connectivity index (χ3v) is 1.12. The largest absolute Gasteiger partial charge is 0.272 e. The van der Waals surface area contributed by atoms with Gasteiger partial charge in [0.1, 0.15) is 5.55 Å². The molecule has 1 heterocycles. The molecule has 0 aliphatic carbocycles. The monoisotopic (exact) mass is 104 g/mol. The number of hydrogen-bond acceptors (Lipinski definition) is 2. The maximum absolute atomic E-state index is 11.7. The van der Waals surface area contributed by atoms with Gasteiger partial charge in [-0.2, -0.15) is 0 Å². The molecule has 1 aliphatic rings. The van der Waals surface area contributed by atoms with E-state index >= 15 is 0 Å². The maximum atomic E-state index is 11.7. The van der Waals surface area contributed by atoms with Crippen LogP contribution >= 0.6 is 11.8 Å². The van der Waals surface area contributed by atoms with Gasteiger partial charge in [0, 0.05) is 0 Å². The molecule has 0 bridgehead atoms. The number of halogens is 1. The van der Waals surface area contributed by atoms with Crippen LogP contribution in [0.5, 0.6) is 0 Å². The van der Waals surface area contributed by atoms with Crippen LogP contribution in [0.4, 0.5) is 4.39 Å². The molecule has 1 rings (SSSR count). The highest BCUT2D eigenvalue weighted by Crippen LogP contribution is 2.14. The van der Waals surface area contributed by atoms with Crippen molar-refractivity contribution in [3.8, 4) is 0 Å². The summed E-state index contributed by atoms with van der Waals surface area (Å²) in [5, 5.41) is 0. The Labute approximate surface area is 39.6 Å². The minimum absolute atomic E-state index is 0.296. The van der Waals surface area contributed by atoms with Gasteiger partial charge in [0.2, 0.25) is 0 Å². The predicted octanol–water partition coefficient (Wildman–Crippen LogP) is 0.934. The fourth-order valence-electron chi connectivity index (χ4n) is 0.241. The van der Waals surface area contributed by atoms with Crippen molar-refractivity contribution < 1.29 is 4.39 Å². The highest BCUT2D eigenvalue weighted by Gasteiger charge is 2.08. The van der Waals surface area contributed by atoms with Crippen molar-refractivity contribution in [2.75, 3.05) is 6.54 Å². The second-order valence-corrected chi connectivity index (χ2v) is 1.89. The van der Waals surface area contributed by atoms with Gasteiger partial charge in [0.25, 0.3) is 0 Å². The molecule has 33 valence electrons. The quantitative estimate of drug-likeness (QED) is 0.445. The van der Waals surface area contributed by atoms with E-state index < -0.39 is 5.50 Å². The second-order valence-electron chi connectivity index (χ2n) is 0.960. The van der Waals surface area contributed by atoms with Crippen molar-refractivity contribution in [3.05, 3.63) is 0 Å². The van der Waals surface area contributed by atoms with Gasteiger partial charge in [-0.15, -0.1) is 0 Å². The molecule has 1 aliphatic heterocycles. The van der Waals surface area contributed by atoms with E-state index in [-0.39, 0.29) is 0 Å². The van der Waals surface area contributed by atoms with E-state index in [9.17, 15) is 4.39 Å². The molecule has 1 unspecified atom stereocenters. The van der Waals surface area contributed by atoms with Crippen LogP contribution in [-0.4, -0.2) is 17.6 Å². The van der Waals surface area contributed by atoms with E-state index in [1.807, 2.05) is 0 Å².